The molecule has 0 aromatic heterocycles. The number of hydrogen-bond acceptors (Lipinski definition) is 3. The van der Waals surface area contributed by atoms with Crippen molar-refractivity contribution < 1.29 is 14.6 Å². The number of aryl methyl sites for hydroxylation is 1. The summed E-state index contributed by atoms with van der Waals surface area (Å²) >= 11 is 0. The largest absolute Gasteiger partial charge is 0.493 e. The minimum Gasteiger partial charge on any atom is -0.493 e. The van der Waals surface area contributed by atoms with Gasteiger partial charge in [-0.25, -0.2) is 0 Å². The van der Waals surface area contributed by atoms with Gasteiger partial charge in [0, 0.05) is 20.1 Å². The maximum Gasteiger partial charge on any atom is 0.122 e. The van der Waals surface area contributed by atoms with E-state index in [1.54, 1.807) is 7.11 Å². The van der Waals surface area contributed by atoms with Gasteiger partial charge in [-0.2, -0.15) is 0 Å². The molecule has 0 bridgehead atoms. The molecule has 0 aliphatic heterocycles. The topological polar surface area (TPSA) is 38.7 Å². The maximum absolute atomic E-state index is 8.99. The highest BCUT2D eigenvalue weighted by molar-refractivity contribution is 5.36. The number of aliphatic hydroxyl groups is 1. The van der Waals surface area contributed by atoms with Gasteiger partial charge in [-0.3, -0.25) is 0 Å². The van der Waals surface area contributed by atoms with Crippen molar-refractivity contribution in [2.24, 2.45) is 0 Å². The molecule has 1 rings (SSSR count). The van der Waals surface area contributed by atoms with Crippen molar-refractivity contribution in [3.63, 3.8) is 0 Å². The third-order valence-corrected chi connectivity index (χ3v) is 2.19. The van der Waals surface area contributed by atoms with E-state index in [9.17, 15) is 0 Å². The molecule has 1 N–H and O–H groups in total. The maximum atomic E-state index is 8.99. The lowest BCUT2D eigenvalue weighted by Crippen LogP contribution is -2.02. The van der Waals surface area contributed by atoms with E-state index >= 15 is 0 Å². The Morgan fingerprint density at radius 3 is 2.73 bits per heavy atom. The molecule has 84 valence electrons. The summed E-state index contributed by atoms with van der Waals surface area (Å²) in [7, 11) is 1.68. The Morgan fingerprint density at radius 1 is 1.27 bits per heavy atom. The first-order valence-corrected chi connectivity index (χ1v) is 5.10. The molecule has 15 heavy (non-hydrogen) atoms. The van der Waals surface area contributed by atoms with Crippen LogP contribution < -0.4 is 4.74 Å². The molecule has 0 saturated carbocycles. The second kappa shape index (κ2) is 6.43. The van der Waals surface area contributed by atoms with Crippen LogP contribution in [0.15, 0.2) is 18.2 Å². The first-order chi connectivity index (χ1) is 7.27. The first kappa shape index (κ1) is 12.0. The number of aliphatic hydroxyl groups excluding tert-OH is 1. The van der Waals surface area contributed by atoms with Gasteiger partial charge in [0.15, 0.2) is 0 Å². The molecule has 3 nitrogen and oxygen atoms in total. The quantitative estimate of drug-likeness (QED) is 0.729. The summed E-state index contributed by atoms with van der Waals surface area (Å²) < 4.78 is 10.5. The molecule has 1 aromatic carbocycles. The van der Waals surface area contributed by atoms with Crippen molar-refractivity contribution >= 4 is 0 Å². The fourth-order valence-electron chi connectivity index (χ4n) is 1.28. The molecule has 0 aliphatic carbocycles. The van der Waals surface area contributed by atoms with E-state index in [0.29, 0.717) is 13.2 Å². The van der Waals surface area contributed by atoms with Gasteiger partial charge >= 0.3 is 0 Å². The summed E-state index contributed by atoms with van der Waals surface area (Å²) in [6.45, 7) is 3.39. The Bertz CT molecular complexity index is 297. The van der Waals surface area contributed by atoms with Crippen molar-refractivity contribution in [2.75, 3.05) is 20.3 Å². The Kier molecular flexibility index (Phi) is 5.15. The van der Waals surface area contributed by atoms with Gasteiger partial charge in [-0.15, -0.1) is 0 Å². The molecule has 0 heterocycles. The molecular weight excluding hydrogens is 192 g/mol. The molecule has 0 unspecified atom stereocenters. The van der Waals surface area contributed by atoms with Gasteiger partial charge in [-0.05, 0) is 24.1 Å². The molecule has 0 spiro atoms. The SMILES string of the molecule is COCCCOc1cc(CO)ccc1C. The van der Waals surface area contributed by atoms with Crippen LogP contribution in [-0.2, 0) is 11.3 Å². The highest BCUT2D eigenvalue weighted by atomic mass is 16.5. The second-order valence-electron chi connectivity index (χ2n) is 3.45. The molecule has 0 radical (unpaired) electrons. The summed E-state index contributed by atoms with van der Waals surface area (Å²) in [4.78, 5) is 0. The van der Waals surface area contributed by atoms with Crippen LogP contribution >= 0.6 is 0 Å². The van der Waals surface area contributed by atoms with Gasteiger partial charge in [-0.1, -0.05) is 12.1 Å². The summed E-state index contributed by atoms with van der Waals surface area (Å²) in [5.74, 6) is 0.845. The molecule has 0 aliphatic rings. The van der Waals surface area contributed by atoms with Gasteiger partial charge < -0.3 is 14.6 Å². The number of rotatable bonds is 6. The molecule has 0 atom stereocenters. The zero-order valence-electron chi connectivity index (χ0n) is 9.32. The van der Waals surface area contributed by atoms with Crippen LogP contribution in [0.2, 0.25) is 0 Å². The lowest BCUT2D eigenvalue weighted by Gasteiger charge is -2.10. The van der Waals surface area contributed by atoms with Gasteiger partial charge in [0.05, 0.1) is 13.2 Å². The van der Waals surface area contributed by atoms with E-state index in [2.05, 4.69) is 0 Å². The zero-order valence-corrected chi connectivity index (χ0v) is 9.32. The Morgan fingerprint density at radius 2 is 2.07 bits per heavy atom. The predicted octanol–water partition coefficient (Wildman–Crippen LogP) is 1.90. The highest BCUT2D eigenvalue weighted by Crippen LogP contribution is 2.19. The number of methoxy groups -OCH3 is 1. The standard InChI is InChI=1S/C12H18O3/c1-10-4-5-11(9-13)8-12(10)15-7-3-6-14-2/h4-5,8,13H,3,6-7,9H2,1-2H3. The van der Waals surface area contributed by atoms with E-state index in [4.69, 9.17) is 14.6 Å². The van der Waals surface area contributed by atoms with Gasteiger partial charge in [0.25, 0.3) is 0 Å². The Balaban J connectivity index is 2.51. The van der Waals surface area contributed by atoms with E-state index in [0.717, 1.165) is 23.3 Å². The van der Waals surface area contributed by atoms with Crippen LogP contribution in [0.25, 0.3) is 0 Å². The van der Waals surface area contributed by atoms with E-state index in [-0.39, 0.29) is 6.61 Å². The third-order valence-electron chi connectivity index (χ3n) is 2.19. The fraction of sp³-hybridized carbons (Fsp3) is 0.500. The number of hydrogen-bond donors (Lipinski definition) is 1. The summed E-state index contributed by atoms with van der Waals surface area (Å²) in [6.07, 6.45) is 0.874. The number of ether oxygens (including phenoxy) is 2. The lowest BCUT2D eigenvalue weighted by molar-refractivity contribution is 0.172. The smallest absolute Gasteiger partial charge is 0.122 e. The van der Waals surface area contributed by atoms with Crippen molar-refractivity contribution in [3.05, 3.63) is 29.3 Å². The third kappa shape index (κ3) is 3.90. The summed E-state index contributed by atoms with van der Waals surface area (Å²) in [5, 5.41) is 8.99. The Hall–Kier alpha value is -1.06. The Labute approximate surface area is 90.6 Å². The predicted molar refractivity (Wildman–Crippen MR) is 59.1 cm³/mol. The second-order valence-corrected chi connectivity index (χ2v) is 3.45. The monoisotopic (exact) mass is 210 g/mol. The van der Waals surface area contributed by atoms with Crippen molar-refractivity contribution in [2.45, 2.75) is 20.0 Å². The number of benzene rings is 1. The normalized spacial score (nSPS) is 10.3. The molecule has 0 saturated heterocycles. The van der Waals surface area contributed by atoms with Crippen LogP contribution in [0.1, 0.15) is 17.5 Å². The molecule has 1 aromatic rings. The van der Waals surface area contributed by atoms with Crippen LogP contribution in [0, 0.1) is 6.92 Å². The minimum absolute atomic E-state index is 0.0503. The minimum atomic E-state index is 0.0503. The average Bonchev–Trinajstić information content (AvgIpc) is 2.26. The molecular formula is C12H18O3. The van der Waals surface area contributed by atoms with E-state index in [1.807, 2.05) is 25.1 Å². The van der Waals surface area contributed by atoms with Crippen LogP contribution in [0.5, 0.6) is 5.75 Å². The van der Waals surface area contributed by atoms with Crippen molar-refractivity contribution in [1.82, 2.24) is 0 Å². The fourth-order valence-corrected chi connectivity index (χ4v) is 1.28. The zero-order chi connectivity index (χ0) is 11.1. The van der Waals surface area contributed by atoms with E-state index < -0.39 is 0 Å². The van der Waals surface area contributed by atoms with Crippen LogP contribution in [-0.4, -0.2) is 25.4 Å². The molecule has 0 amide bonds. The van der Waals surface area contributed by atoms with E-state index in [1.165, 1.54) is 0 Å². The van der Waals surface area contributed by atoms with Gasteiger partial charge in [0.2, 0.25) is 0 Å². The van der Waals surface area contributed by atoms with Crippen LogP contribution in [0.3, 0.4) is 0 Å². The first-order valence-electron chi connectivity index (χ1n) is 5.10. The summed E-state index contributed by atoms with van der Waals surface area (Å²) in [6, 6.07) is 5.73. The molecule has 3 heteroatoms. The highest BCUT2D eigenvalue weighted by Gasteiger charge is 2.00. The summed E-state index contributed by atoms with van der Waals surface area (Å²) in [5.41, 5.74) is 1.96. The van der Waals surface area contributed by atoms with Crippen molar-refractivity contribution in [3.8, 4) is 5.75 Å². The lowest BCUT2D eigenvalue weighted by atomic mass is 10.1. The van der Waals surface area contributed by atoms with Gasteiger partial charge in [0.1, 0.15) is 5.75 Å². The molecule has 0 fully saturated rings. The average molecular weight is 210 g/mol. The van der Waals surface area contributed by atoms with Crippen molar-refractivity contribution in [1.29, 1.82) is 0 Å². The van der Waals surface area contributed by atoms with Crippen LogP contribution in [0.4, 0.5) is 0 Å².